The predicted molar refractivity (Wildman–Crippen MR) is 105 cm³/mol. The van der Waals surface area contributed by atoms with Crippen molar-refractivity contribution < 1.29 is 0 Å². The number of imidazole rings is 1. The van der Waals surface area contributed by atoms with E-state index in [0.717, 1.165) is 22.5 Å². The van der Waals surface area contributed by atoms with E-state index in [-0.39, 0.29) is 0 Å². The first-order valence-corrected chi connectivity index (χ1v) is 8.62. The minimum absolute atomic E-state index is 0.489. The van der Waals surface area contributed by atoms with Gasteiger partial charge in [0.2, 0.25) is 0 Å². The second kappa shape index (κ2) is 6.85. The number of azo groups is 1. The van der Waals surface area contributed by atoms with Gasteiger partial charge in [0, 0.05) is 11.8 Å². The Balaban J connectivity index is 1.91. The summed E-state index contributed by atoms with van der Waals surface area (Å²) in [6, 6.07) is 21.5. The van der Waals surface area contributed by atoms with E-state index >= 15 is 0 Å². The van der Waals surface area contributed by atoms with Crippen LogP contribution >= 0.6 is 0 Å². The Hall–Kier alpha value is -3.78. The molecule has 0 aliphatic carbocycles. The molecular weight excluding hydrogens is 334 g/mol. The van der Waals surface area contributed by atoms with Crippen molar-refractivity contribution in [2.75, 3.05) is 0 Å². The first kappa shape index (κ1) is 16.7. The number of aryl methyl sites for hydroxylation is 2. The summed E-state index contributed by atoms with van der Waals surface area (Å²) in [6.45, 7) is 4.08. The topological polar surface area (TPSA) is 65.8 Å². The Bertz CT molecular complexity index is 1190. The highest BCUT2D eigenvalue weighted by Crippen LogP contribution is 2.33. The van der Waals surface area contributed by atoms with E-state index in [1.807, 2.05) is 53.9 Å². The summed E-state index contributed by atoms with van der Waals surface area (Å²) in [6.07, 6.45) is 1.99. The third-order valence-electron chi connectivity index (χ3n) is 4.34. The highest BCUT2D eigenvalue weighted by molar-refractivity contribution is 5.74. The lowest BCUT2D eigenvalue weighted by Crippen LogP contribution is -1.85. The van der Waals surface area contributed by atoms with Gasteiger partial charge in [-0.05, 0) is 37.6 Å². The molecule has 0 radical (unpaired) electrons. The molecule has 0 spiro atoms. The third kappa shape index (κ3) is 3.21. The van der Waals surface area contributed by atoms with E-state index < -0.39 is 0 Å². The molecule has 2 aromatic heterocycles. The molecule has 4 rings (SSSR count). The number of rotatable bonds is 3. The van der Waals surface area contributed by atoms with Crippen LogP contribution in [0.3, 0.4) is 0 Å². The monoisotopic (exact) mass is 351 g/mol. The molecule has 0 aliphatic heterocycles. The van der Waals surface area contributed by atoms with Crippen LogP contribution in [0, 0.1) is 25.2 Å². The van der Waals surface area contributed by atoms with E-state index in [1.165, 1.54) is 5.56 Å². The molecule has 5 nitrogen and oxygen atoms in total. The standard InChI is InChI=1S/C22H17N5/c1-15-7-10-17(11-8-15)21-22(27-14-16(2)9-12-20(27)24-21)26-25-19-6-4-3-5-18(19)13-23/h3-12,14H,1-2H3. The minimum atomic E-state index is 0.489. The predicted octanol–water partition coefficient (Wildman–Crippen LogP) is 5.91. The van der Waals surface area contributed by atoms with Gasteiger partial charge in [0.15, 0.2) is 5.82 Å². The maximum absolute atomic E-state index is 9.27. The number of hydrogen-bond acceptors (Lipinski definition) is 4. The normalized spacial score (nSPS) is 11.1. The molecule has 0 aliphatic rings. The van der Waals surface area contributed by atoms with Crippen molar-refractivity contribution in [3.63, 3.8) is 0 Å². The molecule has 0 saturated carbocycles. The lowest BCUT2D eigenvalue weighted by Gasteiger charge is -2.01. The minimum Gasteiger partial charge on any atom is -0.282 e. The van der Waals surface area contributed by atoms with Crippen LogP contribution in [0.15, 0.2) is 77.1 Å². The molecule has 0 amide bonds. The quantitative estimate of drug-likeness (QED) is 0.431. The van der Waals surface area contributed by atoms with Gasteiger partial charge in [-0.3, -0.25) is 4.40 Å². The molecule has 0 fully saturated rings. The molecular formula is C22H17N5. The zero-order chi connectivity index (χ0) is 18.8. The van der Waals surface area contributed by atoms with Gasteiger partial charge in [-0.15, -0.1) is 10.2 Å². The van der Waals surface area contributed by atoms with E-state index in [1.54, 1.807) is 12.1 Å². The van der Waals surface area contributed by atoms with E-state index in [2.05, 4.69) is 35.4 Å². The number of nitriles is 1. The van der Waals surface area contributed by atoms with Gasteiger partial charge >= 0.3 is 0 Å². The highest BCUT2D eigenvalue weighted by Gasteiger charge is 2.14. The van der Waals surface area contributed by atoms with Crippen molar-refractivity contribution in [3.05, 3.63) is 83.6 Å². The molecule has 5 heteroatoms. The molecule has 2 heterocycles. The van der Waals surface area contributed by atoms with Crippen LogP contribution in [-0.2, 0) is 0 Å². The second-order valence-corrected chi connectivity index (χ2v) is 6.41. The zero-order valence-corrected chi connectivity index (χ0v) is 15.1. The van der Waals surface area contributed by atoms with Crippen molar-refractivity contribution in [3.8, 4) is 17.3 Å². The number of aromatic nitrogens is 2. The van der Waals surface area contributed by atoms with Crippen LogP contribution in [0.4, 0.5) is 11.5 Å². The van der Waals surface area contributed by atoms with Crippen molar-refractivity contribution in [1.82, 2.24) is 9.38 Å². The fourth-order valence-electron chi connectivity index (χ4n) is 2.90. The zero-order valence-electron chi connectivity index (χ0n) is 15.1. The Morgan fingerprint density at radius 2 is 1.63 bits per heavy atom. The van der Waals surface area contributed by atoms with Crippen LogP contribution < -0.4 is 0 Å². The number of hydrogen-bond donors (Lipinski definition) is 0. The number of fused-ring (bicyclic) bond motifs is 1. The number of nitrogens with zero attached hydrogens (tertiary/aromatic N) is 5. The maximum atomic E-state index is 9.27. The van der Waals surface area contributed by atoms with Gasteiger partial charge in [-0.1, -0.05) is 48.0 Å². The lowest BCUT2D eigenvalue weighted by atomic mass is 10.1. The lowest BCUT2D eigenvalue weighted by molar-refractivity contribution is 1.09. The molecule has 0 saturated heterocycles. The molecule has 0 bridgehead atoms. The molecule has 130 valence electrons. The summed E-state index contributed by atoms with van der Waals surface area (Å²) >= 11 is 0. The second-order valence-electron chi connectivity index (χ2n) is 6.41. The average molecular weight is 351 g/mol. The van der Waals surface area contributed by atoms with Gasteiger partial charge in [0.05, 0.1) is 5.56 Å². The van der Waals surface area contributed by atoms with Gasteiger partial charge < -0.3 is 0 Å². The van der Waals surface area contributed by atoms with E-state index in [4.69, 9.17) is 4.98 Å². The first-order chi connectivity index (χ1) is 13.2. The van der Waals surface area contributed by atoms with Gasteiger partial charge in [0.25, 0.3) is 0 Å². The van der Waals surface area contributed by atoms with Crippen LogP contribution in [0.5, 0.6) is 0 Å². The van der Waals surface area contributed by atoms with Crippen molar-refractivity contribution >= 4 is 17.2 Å². The average Bonchev–Trinajstić information content (AvgIpc) is 3.04. The van der Waals surface area contributed by atoms with Crippen molar-refractivity contribution in [2.24, 2.45) is 10.2 Å². The van der Waals surface area contributed by atoms with Gasteiger partial charge in [0.1, 0.15) is 23.1 Å². The van der Waals surface area contributed by atoms with Gasteiger partial charge in [-0.2, -0.15) is 5.26 Å². The van der Waals surface area contributed by atoms with Crippen molar-refractivity contribution in [1.29, 1.82) is 5.26 Å². The summed E-state index contributed by atoms with van der Waals surface area (Å²) < 4.78 is 1.93. The van der Waals surface area contributed by atoms with Crippen molar-refractivity contribution in [2.45, 2.75) is 13.8 Å². The number of benzene rings is 2. The largest absolute Gasteiger partial charge is 0.282 e. The summed E-state index contributed by atoms with van der Waals surface area (Å²) in [5, 5.41) is 18.1. The Morgan fingerprint density at radius 3 is 2.41 bits per heavy atom. The molecule has 4 aromatic rings. The van der Waals surface area contributed by atoms with Crippen LogP contribution in [0.2, 0.25) is 0 Å². The molecule has 0 atom stereocenters. The SMILES string of the molecule is Cc1ccc(-c2nc3ccc(C)cn3c2N=Nc2ccccc2C#N)cc1. The molecule has 2 aromatic carbocycles. The Morgan fingerprint density at radius 1 is 0.889 bits per heavy atom. The van der Waals surface area contributed by atoms with E-state index in [0.29, 0.717) is 17.1 Å². The van der Waals surface area contributed by atoms with E-state index in [9.17, 15) is 5.26 Å². The number of pyridine rings is 1. The summed E-state index contributed by atoms with van der Waals surface area (Å²) in [5.74, 6) is 0.644. The third-order valence-corrected chi connectivity index (χ3v) is 4.34. The summed E-state index contributed by atoms with van der Waals surface area (Å²) in [5.41, 5.74) is 5.86. The molecule has 27 heavy (non-hydrogen) atoms. The van der Waals surface area contributed by atoms with Crippen LogP contribution in [0.1, 0.15) is 16.7 Å². The highest BCUT2D eigenvalue weighted by atomic mass is 15.2. The first-order valence-electron chi connectivity index (χ1n) is 8.62. The Labute approximate surface area is 157 Å². The Kier molecular flexibility index (Phi) is 4.23. The summed E-state index contributed by atoms with van der Waals surface area (Å²) in [4.78, 5) is 4.75. The smallest absolute Gasteiger partial charge is 0.187 e. The fraction of sp³-hybridized carbons (Fsp3) is 0.0909. The van der Waals surface area contributed by atoms with Crippen LogP contribution in [0.25, 0.3) is 16.9 Å². The molecule has 0 unspecified atom stereocenters. The fourth-order valence-corrected chi connectivity index (χ4v) is 2.90. The summed E-state index contributed by atoms with van der Waals surface area (Å²) in [7, 11) is 0. The maximum Gasteiger partial charge on any atom is 0.187 e. The van der Waals surface area contributed by atoms with Gasteiger partial charge in [-0.25, -0.2) is 4.98 Å². The molecule has 0 N–H and O–H groups in total. The van der Waals surface area contributed by atoms with Crippen LogP contribution in [-0.4, -0.2) is 9.38 Å².